The van der Waals surface area contributed by atoms with E-state index < -0.39 is 28.1 Å². The smallest absolute Gasteiger partial charge is 0.307 e. The molecule has 1 aliphatic rings. The number of nitro groups is 1. The van der Waals surface area contributed by atoms with Crippen molar-refractivity contribution >= 4 is 17.3 Å². The second-order valence-electron chi connectivity index (χ2n) is 5.32. The Kier molecular flexibility index (Phi) is 3.75. The Bertz CT molecular complexity index is 834. The number of nitro benzene ring substituents is 1. The number of hydrogen-bond donors (Lipinski definition) is 0. The normalized spacial score (nSPS) is 13.7. The van der Waals surface area contributed by atoms with Crippen LogP contribution in [0.1, 0.15) is 21.5 Å². The molecule has 0 aromatic heterocycles. The van der Waals surface area contributed by atoms with E-state index in [4.69, 9.17) is 0 Å². The van der Waals surface area contributed by atoms with E-state index in [1.165, 1.54) is 30.3 Å². The van der Waals surface area contributed by atoms with Crippen LogP contribution in [0, 0.1) is 10.1 Å². The average molecular weight is 336 g/mol. The molecule has 0 radical (unpaired) electrons. The Morgan fingerprint density at radius 3 is 2.54 bits per heavy atom. The monoisotopic (exact) mass is 336 g/mol. The number of alkyl halides is 3. The molecular formula is C16H11F3N2O3. The van der Waals surface area contributed by atoms with E-state index >= 15 is 0 Å². The van der Waals surface area contributed by atoms with Crippen molar-refractivity contribution in [1.29, 1.82) is 0 Å². The van der Waals surface area contributed by atoms with Gasteiger partial charge in [-0.25, -0.2) is 0 Å². The molecule has 0 saturated carbocycles. The molecule has 0 N–H and O–H groups in total. The highest BCUT2D eigenvalue weighted by Crippen LogP contribution is 2.36. The zero-order chi connectivity index (χ0) is 17.5. The molecule has 24 heavy (non-hydrogen) atoms. The number of non-ortho nitro benzene ring substituents is 1. The Labute approximate surface area is 134 Å². The Morgan fingerprint density at radius 2 is 1.88 bits per heavy atom. The van der Waals surface area contributed by atoms with Gasteiger partial charge in [0.15, 0.2) is 0 Å². The van der Waals surface area contributed by atoms with Crippen LogP contribution in [0.4, 0.5) is 24.5 Å². The Balaban J connectivity index is 2.03. The summed E-state index contributed by atoms with van der Waals surface area (Å²) in [5, 5.41) is 10.9. The molecule has 1 amide bonds. The number of fused-ring (bicyclic) bond motifs is 1. The summed E-state index contributed by atoms with van der Waals surface area (Å²) >= 11 is 0. The molecule has 2 aromatic carbocycles. The Morgan fingerprint density at radius 1 is 1.17 bits per heavy atom. The van der Waals surface area contributed by atoms with Crippen molar-refractivity contribution in [3.63, 3.8) is 0 Å². The van der Waals surface area contributed by atoms with Crippen LogP contribution < -0.4 is 4.90 Å². The molecule has 2 aromatic rings. The summed E-state index contributed by atoms with van der Waals surface area (Å²) in [6.07, 6.45) is -4.22. The van der Waals surface area contributed by atoms with Crippen molar-refractivity contribution in [3.8, 4) is 0 Å². The van der Waals surface area contributed by atoms with Crippen LogP contribution in [-0.4, -0.2) is 17.4 Å². The fourth-order valence-corrected chi connectivity index (χ4v) is 2.75. The molecule has 5 nitrogen and oxygen atoms in total. The number of halogens is 3. The topological polar surface area (TPSA) is 63.5 Å². The quantitative estimate of drug-likeness (QED) is 0.619. The summed E-state index contributed by atoms with van der Waals surface area (Å²) in [5.41, 5.74) is -0.722. The summed E-state index contributed by atoms with van der Waals surface area (Å²) < 4.78 is 39.3. The lowest BCUT2D eigenvalue weighted by molar-refractivity contribution is -0.384. The van der Waals surface area contributed by atoms with Gasteiger partial charge in [-0.3, -0.25) is 14.9 Å². The standard InChI is InChI=1S/C16H11F3N2O3/c17-16(18,19)13-4-2-1-3-12(13)15(22)20-8-7-10-5-6-11(21(23)24)9-14(10)20/h1-6,9H,7-8H2. The minimum Gasteiger partial charge on any atom is -0.307 e. The summed E-state index contributed by atoms with van der Waals surface area (Å²) in [7, 11) is 0. The molecule has 0 aliphatic carbocycles. The van der Waals surface area contributed by atoms with E-state index in [-0.39, 0.29) is 17.9 Å². The van der Waals surface area contributed by atoms with Crippen molar-refractivity contribution in [2.24, 2.45) is 0 Å². The van der Waals surface area contributed by atoms with E-state index in [1.807, 2.05) is 0 Å². The van der Waals surface area contributed by atoms with Crippen molar-refractivity contribution in [2.75, 3.05) is 11.4 Å². The number of amides is 1. The molecule has 8 heteroatoms. The van der Waals surface area contributed by atoms with Crippen LogP contribution in [0.15, 0.2) is 42.5 Å². The lowest BCUT2D eigenvalue weighted by Crippen LogP contribution is -2.30. The number of hydrogen-bond acceptors (Lipinski definition) is 3. The van der Waals surface area contributed by atoms with E-state index in [0.717, 1.165) is 17.0 Å². The highest BCUT2D eigenvalue weighted by atomic mass is 19.4. The molecule has 3 rings (SSSR count). The fourth-order valence-electron chi connectivity index (χ4n) is 2.75. The lowest BCUT2D eigenvalue weighted by atomic mass is 10.1. The summed E-state index contributed by atoms with van der Waals surface area (Å²) in [6.45, 7) is 0.182. The number of carbonyl (C=O) groups is 1. The maximum absolute atomic E-state index is 13.1. The van der Waals surface area contributed by atoms with Crippen molar-refractivity contribution in [2.45, 2.75) is 12.6 Å². The summed E-state index contributed by atoms with van der Waals surface area (Å²) in [5.74, 6) is -0.817. The molecule has 0 fully saturated rings. The third kappa shape index (κ3) is 2.70. The first-order chi connectivity index (χ1) is 11.3. The second kappa shape index (κ2) is 5.63. The molecule has 0 spiro atoms. The molecular weight excluding hydrogens is 325 g/mol. The van der Waals surface area contributed by atoms with Crippen LogP contribution in [0.3, 0.4) is 0 Å². The molecule has 0 atom stereocenters. The van der Waals surface area contributed by atoms with Gasteiger partial charge in [-0.15, -0.1) is 0 Å². The van der Waals surface area contributed by atoms with Gasteiger partial charge in [0.25, 0.3) is 11.6 Å². The zero-order valence-electron chi connectivity index (χ0n) is 12.2. The van der Waals surface area contributed by atoms with Crippen molar-refractivity contribution < 1.29 is 22.9 Å². The number of anilines is 1. The van der Waals surface area contributed by atoms with Gasteiger partial charge < -0.3 is 4.90 Å². The molecule has 0 bridgehead atoms. The third-order valence-corrected chi connectivity index (χ3v) is 3.88. The van der Waals surface area contributed by atoms with Gasteiger partial charge in [0.1, 0.15) is 0 Å². The second-order valence-corrected chi connectivity index (χ2v) is 5.32. The van der Waals surface area contributed by atoms with Crippen LogP contribution in [0.5, 0.6) is 0 Å². The van der Waals surface area contributed by atoms with E-state index in [9.17, 15) is 28.1 Å². The maximum Gasteiger partial charge on any atom is 0.417 e. The number of carbonyl (C=O) groups excluding carboxylic acids is 1. The fraction of sp³-hybridized carbons (Fsp3) is 0.188. The van der Waals surface area contributed by atoms with Gasteiger partial charge >= 0.3 is 6.18 Å². The molecule has 0 saturated heterocycles. The van der Waals surface area contributed by atoms with E-state index in [2.05, 4.69) is 0 Å². The van der Waals surface area contributed by atoms with Crippen LogP contribution >= 0.6 is 0 Å². The number of rotatable bonds is 2. The predicted molar refractivity (Wildman–Crippen MR) is 79.9 cm³/mol. The summed E-state index contributed by atoms with van der Waals surface area (Å²) in [4.78, 5) is 24.1. The van der Waals surface area contributed by atoms with Crippen molar-refractivity contribution in [3.05, 3.63) is 69.3 Å². The molecule has 1 heterocycles. The SMILES string of the molecule is O=C(c1ccccc1C(F)(F)F)N1CCc2ccc([N+](=O)[O-])cc21. The maximum atomic E-state index is 13.1. The minimum absolute atomic E-state index is 0.182. The molecule has 1 aliphatic heterocycles. The van der Waals surface area contributed by atoms with Crippen LogP contribution in [0.25, 0.3) is 0 Å². The predicted octanol–water partition coefficient (Wildman–Crippen LogP) is 3.82. The first-order valence-corrected chi connectivity index (χ1v) is 7.04. The van der Waals surface area contributed by atoms with Crippen LogP contribution in [0.2, 0.25) is 0 Å². The van der Waals surface area contributed by atoms with Crippen LogP contribution in [-0.2, 0) is 12.6 Å². The zero-order valence-corrected chi connectivity index (χ0v) is 12.2. The van der Waals surface area contributed by atoms with Gasteiger partial charge in [-0.05, 0) is 24.1 Å². The van der Waals surface area contributed by atoms with Gasteiger partial charge in [-0.2, -0.15) is 13.2 Å². The van der Waals surface area contributed by atoms with Gasteiger partial charge in [0.05, 0.1) is 21.7 Å². The number of benzene rings is 2. The molecule has 124 valence electrons. The first-order valence-electron chi connectivity index (χ1n) is 7.04. The number of nitrogens with zero attached hydrogens (tertiary/aromatic N) is 2. The van der Waals surface area contributed by atoms with Crippen molar-refractivity contribution in [1.82, 2.24) is 0 Å². The minimum atomic E-state index is -4.66. The van der Waals surface area contributed by atoms with E-state index in [1.54, 1.807) is 0 Å². The van der Waals surface area contributed by atoms with Gasteiger partial charge in [-0.1, -0.05) is 18.2 Å². The largest absolute Gasteiger partial charge is 0.417 e. The molecule has 0 unspecified atom stereocenters. The highest BCUT2D eigenvalue weighted by Gasteiger charge is 2.37. The first kappa shape index (κ1) is 16.0. The van der Waals surface area contributed by atoms with E-state index in [0.29, 0.717) is 12.0 Å². The highest BCUT2D eigenvalue weighted by molar-refractivity contribution is 6.08. The van der Waals surface area contributed by atoms with Gasteiger partial charge in [0.2, 0.25) is 0 Å². The lowest BCUT2D eigenvalue weighted by Gasteiger charge is -2.20. The third-order valence-electron chi connectivity index (χ3n) is 3.88. The average Bonchev–Trinajstić information content (AvgIpc) is 2.96. The van der Waals surface area contributed by atoms with Gasteiger partial charge in [0, 0.05) is 18.7 Å². The Hall–Kier alpha value is -2.90. The summed E-state index contributed by atoms with van der Waals surface area (Å²) in [6, 6.07) is 8.58.